The summed E-state index contributed by atoms with van der Waals surface area (Å²) in [7, 11) is 3.24. The van der Waals surface area contributed by atoms with Gasteiger partial charge in [-0.2, -0.15) is 0 Å². The molecule has 5 nitrogen and oxygen atoms in total. The molecule has 1 aliphatic heterocycles. The van der Waals surface area contributed by atoms with Crippen molar-refractivity contribution in [2.45, 2.75) is 12.2 Å². The zero-order valence-corrected chi connectivity index (χ0v) is 12.4. The number of aliphatic hydroxyl groups is 1. The molecular weight excluding hydrogens is 282 g/mol. The van der Waals surface area contributed by atoms with Crippen molar-refractivity contribution in [2.24, 2.45) is 5.16 Å². The molecule has 0 radical (unpaired) electrons. The fourth-order valence-corrected chi connectivity index (χ4v) is 2.49. The van der Waals surface area contributed by atoms with Crippen LogP contribution in [0.25, 0.3) is 0 Å². The molecule has 0 saturated carbocycles. The Labute approximate surface area is 128 Å². The van der Waals surface area contributed by atoms with Gasteiger partial charge < -0.3 is 19.4 Å². The van der Waals surface area contributed by atoms with Crippen molar-refractivity contribution in [2.75, 3.05) is 14.2 Å². The lowest BCUT2D eigenvalue weighted by atomic mass is 9.90. The molecule has 0 fully saturated rings. The number of ether oxygens (including phenoxy) is 2. The molecule has 1 N–H and O–H groups in total. The number of oxime groups is 1. The zero-order chi connectivity index (χ0) is 15.5. The SMILES string of the molecule is COc1ccc(C2=NOC(O)C2c2ccc(OC)cc2)cc1. The van der Waals surface area contributed by atoms with Gasteiger partial charge in [-0.15, -0.1) is 0 Å². The molecule has 2 atom stereocenters. The molecule has 3 rings (SSSR count). The van der Waals surface area contributed by atoms with E-state index in [1.807, 2.05) is 48.5 Å². The summed E-state index contributed by atoms with van der Waals surface area (Å²) < 4.78 is 10.3. The van der Waals surface area contributed by atoms with Crippen molar-refractivity contribution in [1.82, 2.24) is 0 Å². The van der Waals surface area contributed by atoms with E-state index in [1.165, 1.54) is 0 Å². The quantitative estimate of drug-likeness (QED) is 0.942. The topological polar surface area (TPSA) is 60.3 Å². The Hall–Kier alpha value is -2.53. The van der Waals surface area contributed by atoms with Crippen LogP contribution < -0.4 is 9.47 Å². The normalized spacial score (nSPS) is 20.2. The summed E-state index contributed by atoms with van der Waals surface area (Å²) in [6, 6.07) is 15.0. The summed E-state index contributed by atoms with van der Waals surface area (Å²) >= 11 is 0. The third-order valence-corrected chi connectivity index (χ3v) is 3.70. The standard InChI is InChI=1S/C17H17NO4/c1-20-13-7-3-11(4-8-13)15-16(18-22-17(15)19)12-5-9-14(21-2)10-6-12/h3-10,15,17,19H,1-2H3. The predicted molar refractivity (Wildman–Crippen MR) is 82.4 cm³/mol. The number of aliphatic hydroxyl groups excluding tert-OH is 1. The molecular formula is C17H17NO4. The van der Waals surface area contributed by atoms with E-state index >= 15 is 0 Å². The first-order valence-electron chi connectivity index (χ1n) is 6.93. The summed E-state index contributed by atoms with van der Waals surface area (Å²) in [6.07, 6.45) is -0.995. The highest BCUT2D eigenvalue weighted by molar-refractivity contribution is 6.06. The Morgan fingerprint density at radius 2 is 1.45 bits per heavy atom. The Kier molecular flexibility index (Phi) is 3.98. The van der Waals surface area contributed by atoms with E-state index in [0.29, 0.717) is 5.71 Å². The molecule has 22 heavy (non-hydrogen) atoms. The minimum atomic E-state index is -0.995. The van der Waals surface area contributed by atoms with Crippen LogP contribution in [0.5, 0.6) is 11.5 Å². The second kappa shape index (κ2) is 6.07. The van der Waals surface area contributed by atoms with Crippen LogP contribution in [0.2, 0.25) is 0 Å². The number of hydrogen-bond donors (Lipinski definition) is 1. The second-order valence-electron chi connectivity index (χ2n) is 4.95. The van der Waals surface area contributed by atoms with Gasteiger partial charge in [0.2, 0.25) is 6.29 Å². The van der Waals surface area contributed by atoms with Crippen LogP contribution in [0.1, 0.15) is 17.0 Å². The highest BCUT2D eigenvalue weighted by Crippen LogP contribution is 2.32. The third kappa shape index (κ3) is 2.63. The lowest BCUT2D eigenvalue weighted by Gasteiger charge is -2.15. The molecule has 2 aromatic carbocycles. The summed E-state index contributed by atoms with van der Waals surface area (Å²) in [6.45, 7) is 0. The van der Waals surface area contributed by atoms with Crippen molar-refractivity contribution in [1.29, 1.82) is 0 Å². The summed E-state index contributed by atoms with van der Waals surface area (Å²) in [4.78, 5) is 5.08. The highest BCUT2D eigenvalue weighted by Gasteiger charge is 2.34. The van der Waals surface area contributed by atoms with Gasteiger partial charge in [0.1, 0.15) is 17.2 Å². The third-order valence-electron chi connectivity index (χ3n) is 3.70. The Balaban J connectivity index is 1.92. The lowest BCUT2D eigenvalue weighted by Crippen LogP contribution is -2.21. The first-order valence-corrected chi connectivity index (χ1v) is 6.93. The van der Waals surface area contributed by atoms with Gasteiger partial charge in [-0.05, 0) is 42.0 Å². The van der Waals surface area contributed by atoms with Gasteiger partial charge in [0.05, 0.1) is 20.1 Å². The monoisotopic (exact) mass is 299 g/mol. The molecule has 0 bridgehead atoms. The van der Waals surface area contributed by atoms with Gasteiger partial charge in [0, 0.05) is 5.56 Å². The molecule has 1 heterocycles. The summed E-state index contributed by atoms with van der Waals surface area (Å²) in [5.41, 5.74) is 2.50. The van der Waals surface area contributed by atoms with E-state index in [0.717, 1.165) is 22.6 Å². The summed E-state index contributed by atoms with van der Waals surface area (Å²) in [5, 5.41) is 14.1. The van der Waals surface area contributed by atoms with Crippen LogP contribution in [0.3, 0.4) is 0 Å². The van der Waals surface area contributed by atoms with Crippen LogP contribution in [-0.4, -0.2) is 31.3 Å². The van der Waals surface area contributed by atoms with Gasteiger partial charge in [-0.1, -0.05) is 17.3 Å². The first-order chi connectivity index (χ1) is 10.7. The van der Waals surface area contributed by atoms with Crippen LogP contribution in [0.4, 0.5) is 0 Å². The number of hydrogen-bond acceptors (Lipinski definition) is 5. The van der Waals surface area contributed by atoms with Gasteiger partial charge in [-0.3, -0.25) is 0 Å². The van der Waals surface area contributed by atoms with Crippen LogP contribution in [-0.2, 0) is 4.84 Å². The van der Waals surface area contributed by atoms with E-state index < -0.39 is 6.29 Å². The van der Waals surface area contributed by atoms with Crippen molar-refractivity contribution >= 4 is 5.71 Å². The minimum Gasteiger partial charge on any atom is -0.497 e. The van der Waals surface area contributed by atoms with Gasteiger partial charge >= 0.3 is 0 Å². The Morgan fingerprint density at radius 1 is 0.909 bits per heavy atom. The number of methoxy groups -OCH3 is 2. The van der Waals surface area contributed by atoms with Crippen LogP contribution in [0.15, 0.2) is 53.7 Å². The Bertz CT molecular complexity index is 664. The van der Waals surface area contributed by atoms with E-state index in [-0.39, 0.29) is 5.92 Å². The smallest absolute Gasteiger partial charge is 0.237 e. The molecule has 0 aliphatic carbocycles. The van der Waals surface area contributed by atoms with Crippen molar-refractivity contribution in [3.8, 4) is 11.5 Å². The lowest BCUT2D eigenvalue weighted by molar-refractivity contribution is -0.0853. The van der Waals surface area contributed by atoms with Crippen molar-refractivity contribution in [3.63, 3.8) is 0 Å². The van der Waals surface area contributed by atoms with Gasteiger partial charge in [0.15, 0.2) is 0 Å². The van der Waals surface area contributed by atoms with Crippen molar-refractivity contribution < 1.29 is 19.4 Å². The largest absolute Gasteiger partial charge is 0.497 e. The minimum absolute atomic E-state index is 0.334. The fourth-order valence-electron chi connectivity index (χ4n) is 2.49. The number of nitrogens with zero attached hydrogens (tertiary/aromatic N) is 1. The molecule has 0 amide bonds. The van der Waals surface area contributed by atoms with Gasteiger partial charge in [-0.25, -0.2) is 0 Å². The maximum atomic E-state index is 10.1. The first kappa shape index (κ1) is 14.4. The highest BCUT2D eigenvalue weighted by atomic mass is 16.7. The predicted octanol–water partition coefficient (Wildman–Crippen LogP) is 2.54. The van der Waals surface area contributed by atoms with Crippen LogP contribution >= 0.6 is 0 Å². The molecule has 114 valence electrons. The maximum absolute atomic E-state index is 10.1. The average molecular weight is 299 g/mol. The van der Waals surface area contributed by atoms with E-state index in [1.54, 1.807) is 14.2 Å². The average Bonchev–Trinajstić information content (AvgIpc) is 2.96. The molecule has 0 aromatic heterocycles. The molecule has 2 aromatic rings. The van der Waals surface area contributed by atoms with E-state index in [9.17, 15) is 5.11 Å². The Morgan fingerprint density at radius 3 is 2.00 bits per heavy atom. The maximum Gasteiger partial charge on any atom is 0.237 e. The molecule has 5 heteroatoms. The summed E-state index contributed by atoms with van der Waals surface area (Å²) in [5.74, 6) is 1.20. The van der Waals surface area contributed by atoms with E-state index in [2.05, 4.69) is 5.16 Å². The number of benzene rings is 2. The molecule has 1 aliphatic rings. The second-order valence-corrected chi connectivity index (χ2v) is 4.95. The number of rotatable bonds is 4. The van der Waals surface area contributed by atoms with E-state index in [4.69, 9.17) is 14.3 Å². The molecule has 0 saturated heterocycles. The van der Waals surface area contributed by atoms with Crippen molar-refractivity contribution in [3.05, 3.63) is 59.7 Å². The fraction of sp³-hybridized carbons (Fsp3) is 0.235. The van der Waals surface area contributed by atoms with Gasteiger partial charge in [0.25, 0.3) is 0 Å². The molecule has 0 spiro atoms. The van der Waals surface area contributed by atoms with Crippen LogP contribution in [0, 0.1) is 0 Å². The molecule has 2 unspecified atom stereocenters. The zero-order valence-electron chi connectivity index (χ0n) is 12.4.